The van der Waals surface area contributed by atoms with Crippen molar-refractivity contribution < 1.29 is 28.6 Å². The number of aliphatic hydroxyl groups excluding tert-OH is 1. The lowest BCUT2D eigenvalue weighted by molar-refractivity contribution is -0.137. The number of aliphatic carboxylic acids is 1. The number of carboxylic acids is 1. The van der Waals surface area contributed by atoms with Crippen LogP contribution in [0.5, 0.6) is 0 Å². The number of rotatable bonds is 11. The Hall–Kier alpha value is -1.44. The molecule has 0 unspecified atom stereocenters. The molecule has 0 aliphatic rings. The van der Waals surface area contributed by atoms with Crippen molar-refractivity contribution in [1.29, 1.82) is 0 Å². The molecule has 0 fully saturated rings. The Morgan fingerprint density at radius 3 is 2.35 bits per heavy atom. The van der Waals surface area contributed by atoms with Gasteiger partial charge in [-0.25, -0.2) is 13.6 Å². The van der Waals surface area contributed by atoms with E-state index in [1.807, 2.05) is 0 Å². The Balaban J connectivity index is 3.70. The number of aliphatic hydroxyl groups is 1. The summed E-state index contributed by atoms with van der Waals surface area (Å²) in [5.74, 6) is -0.829. The van der Waals surface area contributed by atoms with Crippen LogP contribution >= 0.6 is 0 Å². The summed E-state index contributed by atoms with van der Waals surface area (Å²) in [6.07, 6.45) is 0.258. The van der Waals surface area contributed by atoms with Crippen LogP contribution < -0.4 is 5.32 Å². The predicted molar refractivity (Wildman–Crippen MR) is 68.8 cm³/mol. The summed E-state index contributed by atoms with van der Waals surface area (Å²) in [5.41, 5.74) is 0. The Morgan fingerprint density at radius 2 is 1.80 bits per heavy atom. The van der Waals surface area contributed by atoms with Gasteiger partial charge in [0.1, 0.15) is 0 Å². The molecule has 8 heteroatoms. The highest BCUT2D eigenvalue weighted by molar-refractivity contribution is 5.74. The zero-order valence-corrected chi connectivity index (χ0v) is 11.4. The average molecular weight is 296 g/mol. The number of carbonyl (C=O) groups is 2. The number of nitrogens with zero attached hydrogens (tertiary/aromatic N) is 1. The van der Waals surface area contributed by atoms with Crippen molar-refractivity contribution in [2.45, 2.75) is 38.5 Å². The van der Waals surface area contributed by atoms with Gasteiger partial charge < -0.3 is 20.4 Å². The van der Waals surface area contributed by atoms with Crippen molar-refractivity contribution in [2.75, 3.05) is 26.2 Å². The van der Waals surface area contributed by atoms with Gasteiger partial charge in [0.15, 0.2) is 0 Å². The number of amides is 2. The molecule has 0 aromatic rings. The highest BCUT2D eigenvalue weighted by Crippen LogP contribution is 2.03. The van der Waals surface area contributed by atoms with Gasteiger partial charge in [-0.15, -0.1) is 0 Å². The predicted octanol–water partition coefficient (Wildman–Crippen LogP) is 1.29. The summed E-state index contributed by atoms with van der Waals surface area (Å²) in [6, 6.07) is -0.620. The second-order valence-electron chi connectivity index (χ2n) is 4.35. The zero-order valence-electron chi connectivity index (χ0n) is 11.4. The van der Waals surface area contributed by atoms with Crippen LogP contribution in [-0.2, 0) is 4.79 Å². The minimum atomic E-state index is -2.64. The molecule has 0 aromatic carbocycles. The molecular formula is C12H22F2N2O4. The summed E-state index contributed by atoms with van der Waals surface area (Å²) in [6.45, 7) is -0.855. The van der Waals surface area contributed by atoms with Crippen LogP contribution in [0.3, 0.4) is 0 Å². The third kappa shape index (κ3) is 10.5. The number of alkyl halides is 2. The minimum Gasteiger partial charge on any atom is -0.481 e. The topological polar surface area (TPSA) is 89.9 Å². The van der Waals surface area contributed by atoms with Gasteiger partial charge in [-0.3, -0.25) is 4.79 Å². The van der Waals surface area contributed by atoms with Crippen LogP contribution in [0, 0.1) is 0 Å². The monoisotopic (exact) mass is 296 g/mol. The molecule has 0 heterocycles. The first kappa shape index (κ1) is 18.6. The molecule has 0 spiro atoms. The first-order valence-corrected chi connectivity index (χ1v) is 6.61. The second-order valence-corrected chi connectivity index (χ2v) is 4.35. The molecule has 2 amide bonds. The molecular weight excluding hydrogens is 274 g/mol. The van der Waals surface area contributed by atoms with E-state index in [9.17, 15) is 18.4 Å². The Morgan fingerprint density at radius 1 is 1.15 bits per heavy atom. The molecule has 0 aliphatic carbocycles. The maximum absolute atomic E-state index is 12.2. The number of urea groups is 1. The fourth-order valence-electron chi connectivity index (χ4n) is 1.62. The van der Waals surface area contributed by atoms with Crippen LogP contribution in [0.1, 0.15) is 32.1 Å². The van der Waals surface area contributed by atoms with Crippen LogP contribution in [0.15, 0.2) is 0 Å². The van der Waals surface area contributed by atoms with Gasteiger partial charge in [-0.2, -0.15) is 0 Å². The third-order valence-electron chi connectivity index (χ3n) is 2.61. The first-order valence-electron chi connectivity index (χ1n) is 6.61. The van der Waals surface area contributed by atoms with Crippen LogP contribution in [0.2, 0.25) is 0 Å². The molecule has 6 nitrogen and oxygen atoms in total. The number of hydrogen-bond acceptors (Lipinski definition) is 3. The lowest BCUT2D eigenvalue weighted by atomic mass is 10.1. The number of halogens is 2. The van der Waals surface area contributed by atoms with Crippen molar-refractivity contribution in [3.8, 4) is 0 Å². The minimum absolute atomic E-state index is 0.130. The van der Waals surface area contributed by atoms with Crippen molar-refractivity contribution in [3.63, 3.8) is 0 Å². The number of carbonyl (C=O) groups excluding carboxylic acids is 1. The van der Waals surface area contributed by atoms with Crippen LogP contribution in [0.25, 0.3) is 0 Å². The number of unbranched alkanes of at least 4 members (excludes halogenated alkanes) is 3. The summed E-state index contributed by atoms with van der Waals surface area (Å²) in [7, 11) is 0. The maximum Gasteiger partial charge on any atom is 0.317 e. The van der Waals surface area contributed by atoms with E-state index in [0.29, 0.717) is 19.4 Å². The standard InChI is InChI=1S/C12H22F2N2O4/c13-10(14)9-16(7-8-17)12(20)15-6-4-2-1-3-5-11(18)19/h10,17H,1-9H2,(H,15,20)(H,18,19). The number of nitrogens with one attached hydrogen (secondary N) is 1. The third-order valence-corrected chi connectivity index (χ3v) is 2.61. The lowest BCUT2D eigenvalue weighted by Gasteiger charge is -2.21. The molecule has 118 valence electrons. The lowest BCUT2D eigenvalue weighted by Crippen LogP contribution is -2.44. The second kappa shape index (κ2) is 11.4. The van der Waals surface area contributed by atoms with Crippen molar-refractivity contribution >= 4 is 12.0 Å². The maximum atomic E-state index is 12.2. The van der Waals surface area contributed by atoms with E-state index in [0.717, 1.165) is 17.7 Å². The molecule has 0 radical (unpaired) electrons. The van der Waals surface area contributed by atoms with Gasteiger partial charge in [0.2, 0.25) is 0 Å². The van der Waals surface area contributed by atoms with E-state index < -0.39 is 25.0 Å². The van der Waals surface area contributed by atoms with Crippen molar-refractivity contribution in [2.24, 2.45) is 0 Å². The molecule has 0 saturated carbocycles. The molecule has 20 heavy (non-hydrogen) atoms. The highest BCUT2D eigenvalue weighted by Gasteiger charge is 2.16. The summed E-state index contributed by atoms with van der Waals surface area (Å²) in [4.78, 5) is 22.7. The fourth-order valence-corrected chi connectivity index (χ4v) is 1.62. The summed E-state index contributed by atoms with van der Waals surface area (Å²) in [5, 5.41) is 19.6. The molecule has 0 aromatic heterocycles. The Bertz CT molecular complexity index is 291. The van der Waals surface area contributed by atoms with E-state index in [-0.39, 0.29) is 19.6 Å². The Labute approximate surface area is 116 Å². The van der Waals surface area contributed by atoms with Crippen LogP contribution in [0.4, 0.5) is 13.6 Å². The number of carboxylic acid groups (broad SMARTS) is 1. The number of hydrogen-bond donors (Lipinski definition) is 3. The smallest absolute Gasteiger partial charge is 0.317 e. The SMILES string of the molecule is O=C(O)CCCCCCNC(=O)N(CCO)CC(F)F. The molecule has 0 saturated heterocycles. The van der Waals surface area contributed by atoms with Crippen molar-refractivity contribution in [3.05, 3.63) is 0 Å². The highest BCUT2D eigenvalue weighted by atomic mass is 19.3. The van der Waals surface area contributed by atoms with Gasteiger partial charge in [-0.1, -0.05) is 12.8 Å². The molecule has 0 atom stereocenters. The fraction of sp³-hybridized carbons (Fsp3) is 0.833. The Kier molecular flexibility index (Phi) is 10.6. The quantitative estimate of drug-likeness (QED) is 0.501. The zero-order chi connectivity index (χ0) is 15.4. The van der Waals surface area contributed by atoms with E-state index in [2.05, 4.69) is 5.32 Å². The van der Waals surface area contributed by atoms with Gasteiger partial charge in [0.25, 0.3) is 6.43 Å². The molecule has 0 aliphatic heterocycles. The van der Waals surface area contributed by atoms with Crippen LogP contribution in [-0.4, -0.2) is 59.8 Å². The van der Waals surface area contributed by atoms with Gasteiger partial charge in [0, 0.05) is 19.5 Å². The normalized spacial score (nSPS) is 10.6. The first-order chi connectivity index (χ1) is 9.47. The average Bonchev–Trinajstić information content (AvgIpc) is 2.36. The molecule has 3 N–H and O–H groups in total. The summed E-state index contributed by atoms with van der Waals surface area (Å²) >= 11 is 0. The largest absolute Gasteiger partial charge is 0.481 e. The molecule has 0 rings (SSSR count). The van der Waals surface area contributed by atoms with E-state index in [1.54, 1.807) is 0 Å². The van der Waals surface area contributed by atoms with E-state index in [1.165, 1.54) is 0 Å². The van der Waals surface area contributed by atoms with Gasteiger partial charge in [0.05, 0.1) is 13.2 Å². The van der Waals surface area contributed by atoms with E-state index in [4.69, 9.17) is 10.2 Å². The van der Waals surface area contributed by atoms with Crippen molar-refractivity contribution in [1.82, 2.24) is 10.2 Å². The van der Waals surface area contributed by atoms with Gasteiger partial charge >= 0.3 is 12.0 Å². The molecule has 0 bridgehead atoms. The van der Waals surface area contributed by atoms with Gasteiger partial charge in [-0.05, 0) is 12.8 Å². The summed E-state index contributed by atoms with van der Waals surface area (Å²) < 4.78 is 24.4. The van der Waals surface area contributed by atoms with E-state index >= 15 is 0 Å².